The standard InChI is InChI=1S/C11H15N3O4/c1-11(15)5-6-13(7-11)10-8(14(16)17)3-4-9(12-10)18-2/h3-4,15H,5-7H2,1-2H3. The van der Waals surface area contributed by atoms with Gasteiger partial charge in [-0.15, -0.1) is 0 Å². The van der Waals surface area contributed by atoms with Crippen LogP contribution in [0.25, 0.3) is 0 Å². The van der Waals surface area contributed by atoms with Crippen LogP contribution in [0.4, 0.5) is 11.5 Å². The summed E-state index contributed by atoms with van der Waals surface area (Å²) in [5.74, 6) is 0.569. The Morgan fingerprint density at radius 1 is 1.61 bits per heavy atom. The van der Waals surface area contributed by atoms with Crippen LogP contribution in [0.2, 0.25) is 0 Å². The minimum absolute atomic E-state index is 0.0755. The molecule has 1 aromatic heterocycles. The van der Waals surface area contributed by atoms with E-state index in [0.29, 0.717) is 25.4 Å². The van der Waals surface area contributed by atoms with Gasteiger partial charge in [0.05, 0.1) is 17.6 Å². The summed E-state index contributed by atoms with van der Waals surface area (Å²) in [5, 5.41) is 20.9. The van der Waals surface area contributed by atoms with E-state index in [1.54, 1.807) is 11.8 Å². The summed E-state index contributed by atoms with van der Waals surface area (Å²) < 4.78 is 4.98. The zero-order chi connectivity index (χ0) is 13.3. The third kappa shape index (κ3) is 2.35. The van der Waals surface area contributed by atoms with Crippen molar-refractivity contribution in [3.8, 4) is 5.88 Å². The van der Waals surface area contributed by atoms with Crippen LogP contribution in [0.15, 0.2) is 12.1 Å². The molecule has 7 heteroatoms. The van der Waals surface area contributed by atoms with E-state index < -0.39 is 10.5 Å². The molecule has 1 unspecified atom stereocenters. The molecule has 1 aromatic rings. The molecule has 1 aliphatic rings. The highest BCUT2D eigenvalue weighted by Gasteiger charge is 2.35. The molecular weight excluding hydrogens is 238 g/mol. The molecule has 1 saturated heterocycles. The zero-order valence-electron chi connectivity index (χ0n) is 10.3. The van der Waals surface area contributed by atoms with Crippen molar-refractivity contribution in [3.05, 3.63) is 22.2 Å². The molecule has 1 aliphatic heterocycles. The quantitative estimate of drug-likeness (QED) is 0.637. The fraction of sp³-hybridized carbons (Fsp3) is 0.545. The summed E-state index contributed by atoms with van der Waals surface area (Å²) in [6, 6.07) is 2.82. The fourth-order valence-corrected chi connectivity index (χ4v) is 2.04. The van der Waals surface area contributed by atoms with Crippen molar-refractivity contribution >= 4 is 11.5 Å². The molecule has 0 spiro atoms. The summed E-state index contributed by atoms with van der Waals surface area (Å²) in [6.07, 6.45) is 0.559. The lowest BCUT2D eigenvalue weighted by Crippen LogP contribution is -2.30. The number of aliphatic hydroxyl groups is 1. The molecule has 1 N–H and O–H groups in total. The monoisotopic (exact) mass is 253 g/mol. The van der Waals surface area contributed by atoms with Gasteiger partial charge in [0, 0.05) is 25.2 Å². The van der Waals surface area contributed by atoms with Crippen molar-refractivity contribution in [3.63, 3.8) is 0 Å². The second-order valence-corrected chi connectivity index (χ2v) is 4.62. The zero-order valence-corrected chi connectivity index (χ0v) is 10.3. The maximum absolute atomic E-state index is 11.0. The van der Waals surface area contributed by atoms with Gasteiger partial charge in [0.1, 0.15) is 0 Å². The van der Waals surface area contributed by atoms with Gasteiger partial charge in [-0.2, -0.15) is 4.98 Å². The predicted molar refractivity (Wildman–Crippen MR) is 64.9 cm³/mol. The number of aromatic nitrogens is 1. The normalized spacial score (nSPS) is 23.2. The molecule has 0 amide bonds. The summed E-state index contributed by atoms with van der Waals surface area (Å²) in [7, 11) is 1.46. The van der Waals surface area contributed by atoms with Gasteiger partial charge in [-0.1, -0.05) is 0 Å². The molecule has 7 nitrogen and oxygen atoms in total. The Labute approximate surface area is 104 Å². The Kier molecular flexibility index (Phi) is 3.08. The number of hydrogen-bond acceptors (Lipinski definition) is 6. The van der Waals surface area contributed by atoms with Crippen LogP contribution in [0.1, 0.15) is 13.3 Å². The lowest BCUT2D eigenvalue weighted by atomic mass is 10.1. The van der Waals surface area contributed by atoms with Crippen molar-refractivity contribution in [2.45, 2.75) is 18.9 Å². The van der Waals surface area contributed by atoms with E-state index in [2.05, 4.69) is 4.98 Å². The number of pyridine rings is 1. The Balaban J connectivity index is 2.38. The maximum atomic E-state index is 11.0. The lowest BCUT2D eigenvalue weighted by molar-refractivity contribution is -0.384. The molecule has 0 bridgehead atoms. The molecule has 18 heavy (non-hydrogen) atoms. The number of ether oxygens (including phenoxy) is 1. The van der Waals surface area contributed by atoms with Crippen LogP contribution in [0, 0.1) is 10.1 Å². The van der Waals surface area contributed by atoms with E-state index in [1.807, 2.05) is 0 Å². The predicted octanol–water partition coefficient (Wildman–Crippen LogP) is 0.959. The van der Waals surface area contributed by atoms with Gasteiger partial charge in [0.25, 0.3) is 0 Å². The van der Waals surface area contributed by atoms with Crippen molar-refractivity contribution in [2.75, 3.05) is 25.1 Å². The first kappa shape index (κ1) is 12.6. The van der Waals surface area contributed by atoms with Crippen molar-refractivity contribution in [2.24, 2.45) is 0 Å². The molecule has 2 rings (SSSR count). The van der Waals surface area contributed by atoms with Crippen LogP contribution in [-0.2, 0) is 0 Å². The van der Waals surface area contributed by atoms with Crippen molar-refractivity contribution in [1.29, 1.82) is 0 Å². The topological polar surface area (TPSA) is 88.7 Å². The number of nitrogens with zero attached hydrogens (tertiary/aromatic N) is 3. The van der Waals surface area contributed by atoms with Gasteiger partial charge >= 0.3 is 5.69 Å². The minimum Gasteiger partial charge on any atom is -0.481 e. The highest BCUT2D eigenvalue weighted by Crippen LogP contribution is 2.33. The summed E-state index contributed by atoms with van der Waals surface area (Å²) >= 11 is 0. The van der Waals surface area contributed by atoms with Crippen LogP contribution in [0.3, 0.4) is 0 Å². The molecule has 2 heterocycles. The number of β-amino-alcohol motifs (C(OH)–C–C–N with tert-alkyl or cyclic N) is 1. The average molecular weight is 253 g/mol. The molecule has 98 valence electrons. The molecule has 0 aliphatic carbocycles. The van der Waals surface area contributed by atoms with Crippen LogP contribution in [-0.4, -0.2) is 40.8 Å². The van der Waals surface area contributed by atoms with E-state index >= 15 is 0 Å². The van der Waals surface area contributed by atoms with Crippen LogP contribution >= 0.6 is 0 Å². The molecule has 0 radical (unpaired) electrons. The molecule has 0 aromatic carbocycles. The van der Waals surface area contributed by atoms with Gasteiger partial charge in [-0.05, 0) is 13.3 Å². The first-order chi connectivity index (χ1) is 8.43. The molecular formula is C11H15N3O4. The van der Waals surface area contributed by atoms with E-state index in [9.17, 15) is 15.2 Å². The van der Waals surface area contributed by atoms with E-state index in [4.69, 9.17) is 4.74 Å². The SMILES string of the molecule is COc1ccc([N+](=O)[O-])c(N2CCC(C)(O)C2)n1. The Morgan fingerprint density at radius 3 is 2.83 bits per heavy atom. The Bertz CT molecular complexity index is 475. The summed E-state index contributed by atoms with van der Waals surface area (Å²) in [5.41, 5.74) is -0.910. The highest BCUT2D eigenvalue weighted by molar-refractivity contribution is 5.59. The number of methoxy groups -OCH3 is 1. The van der Waals surface area contributed by atoms with Gasteiger partial charge in [-0.3, -0.25) is 10.1 Å². The summed E-state index contributed by atoms with van der Waals surface area (Å²) in [4.78, 5) is 16.3. The first-order valence-electron chi connectivity index (χ1n) is 5.60. The highest BCUT2D eigenvalue weighted by atomic mass is 16.6. The minimum atomic E-state index is -0.835. The Morgan fingerprint density at radius 2 is 2.33 bits per heavy atom. The number of anilines is 1. The maximum Gasteiger partial charge on any atom is 0.311 e. The largest absolute Gasteiger partial charge is 0.481 e. The fourth-order valence-electron chi connectivity index (χ4n) is 2.04. The van der Waals surface area contributed by atoms with Crippen molar-refractivity contribution < 1.29 is 14.8 Å². The molecule has 0 saturated carbocycles. The first-order valence-corrected chi connectivity index (χ1v) is 5.60. The van der Waals surface area contributed by atoms with E-state index in [1.165, 1.54) is 19.2 Å². The lowest BCUT2D eigenvalue weighted by Gasteiger charge is -2.19. The number of hydrogen-bond donors (Lipinski definition) is 1. The molecule has 1 atom stereocenters. The van der Waals surface area contributed by atoms with Gasteiger partial charge in [-0.25, -0.2) is 0 Å². The Hall–Kier alpha value is -1.89. The van der Waals surface area contributed by atoms with E-state index in [0.717, 1.165) is 0 Å². The third-order valence-corrected chi connectivity index (χ3v) is 2.99. The van der Waals surface area contributed by atoms with Gasteiger partial charge in [0.15, 0.2) is 0 Å². The average Bonchev–Trinajstić information content (AvgIpc) is 2.68. The van der Waals surface area contributed by atoms with Gasteiger partial charge in [0.2, 0.25) is 11.7 Å². The summed E-state index contributed by atoms with van der Waals surface area (Å²) in [6.45, 7) is 2.57. The van der Waals surface area contributed by atoms with Crippen LogP contribution < -0.4 is 9.64 Å². The van der Waals surface area contributed by atoms with Crippen molar-refractivity contribution in [1.82, 2.24) is 4.98 Å². The second-order valence-electron chi connectivity index (χ2n) is 4.62. The smallest absolute Gasteiger partial charge is 0.311 e. The number of rotatable bonds is 3. The third-order valence-electron chi connectivity index (χ3n) is 2.99. The molecule has 1 fully saturated rings. The second kappa shape index (κ2) is 4.41. The number of nitro groups is 1. The van der Waals surface area contributed by atoms with Gasteiger partial charge < -0.3 is 14.7 Å². The van der Waals surface area contributed by atoms with E-state index in [-0.39, 0.29) is 11.5 Å². The van der Waals surface area contributed by atoms with Crippen LogP contribution in [0.5, 0.6) is 5.88 Å².